The number of esters is 1. The van der Waals surface area contributed by atoms with Crippen LogP contribution in [0, 0.1) is 0 Å². The number of carboxylic acids is 1. The van der Waals surface area contributed by atoms with Gasteiger partial charge in [0, 0.05) is 12.2 Å². The van der Waals surface area contributed by atoms with Crippen LogP contribution in [-0.4, -0.2) is 24.2 Å². The lowest BCUT2D eigenvalue weighted by molar-refractivity contribution is 0.0600. The fourth-order valence-corrected chi connectivity index (χ4v) is 1.81. The second-order valence-electron chi connectivity index (χ2n) is 4.42. The van der Waals surface area contributed by atoms with E-state index >= 15 is 0 Å². The Morgan fingerprint density at radius 1 is 1.00 bits per heavy atom. The van der Waals surface area contributed by atoms with Gasteiger partial charge in [-0.3, -0.25) is 0 Å². The number of aromatic carboxylic acids is 1. The smallest absolute Gasteiger partial charge is 0.337 e. The first-order chi connectivity index (χ1) is 10.1. The van der Waals surface area contributed by atoms with Crippen LogP contribution in [-0.2, 0) is 11.3 Å². The Morgan fingerprint density at radius 2 is 1.57 bits per heavy atom. The van der Waals surface area contributed by atoms with Crippen LogP contribution in [0.4, 0.5) is 5.69 Å². The molecule has 0 radical (unpaired) electrons. The van der Waals surface area contributed by atoms with Gasteiger partial charge in [-0.05, 0) is 42.0 Å². The maximum absolute atomic E-state index is 11.3. The molecule has 0 atom stereocenters. The van der Waals surface area contributed by atoms with Crippen LogP contribution in [0.5, 0.6) is 0 Å². The molecule has 0 spiro atoms. The first-order valence-electron chi connectivity index (χ1n) is 6.34. The molecule has 2 aromatic carbocycles. The van der Waals surface area contributed by atoms with Crippen molar-refractivity contribution in [2.75, 3.05) is 12.4 Å². The van der Waals surface area contributed by atoms with Crippen LogP contribution in [0.3, 0.4) is 0 Å². The van der Waals surface area contributed by atoms with Crippen molar-refractivity contribution < 1.29 is 19.4 Å². The third-order valence-corrected chi connectivity index (χ3v) is 3.00. The van der Waals surface area contributed by atoms with Gasteiger partial charge in [0.2, 0.25) is 0 Å². The average molecular weight is 285 g/mol. The molecule has 0 bridgehead atoms. The average Bonchev–Trinajstić information content (AvgIpc) is 2.53. The van der Waals surface area contributed by atoms with E-state index in [9.17, 15) is 9.59 Å². The maximum atomic E-state index is 11.3. The number of hydrogen-bond acceptors (Lipinski definition) is 4. The Hall–Kier alpha value is -2.82. The fraction of sp³-hybridized carbons (Fsp3) is 0.125. The molecule has 0 saturated heterocycles. The highest BCUT2D eigenvalue weighted by Crippen LogP contribution is 2.12. The van der Waals surface area contributed by atoms with Crippen molar-refractivity contribution >= 4 is 17.6 Å². The summed E-state index contributed by atoms with van der Waals surface area (Å²) >= 11 is 0. The van der Waals surface area contributed by atoms with E-state index in [1.54, 1.807) is 48.5 Å². The summed E-state index contributed by atoms with van der Waals surface area (Å²) in [5.41, 5.74) is 2.59. The summed E-state index contributed by atoms with van der Waals surface area (Å²) in [4.78, 5) is 22.1. The molecule has 0 aliphatic rings. The number of anilines is 1. The number of benzene rings is 2. The van der Waals surface area contributed by atoms with Crippen LogP contribution >= 0.6 is 0 Å². The highest BCUT2D eigenvalue weighted by molar-refractivity contribution is 5.89. The summed E-state index contributed by atoms with van der Waals surface area (Å²) in [6.07, 6.45) is 0. The summed E-state index contributed by atoms with van der Waals surface area (Å²) < 4.78 is 4.63. The van der Waals surface area contributed by atoms with E-state index in [0.717, 1.165) is 11.3 Å². The second-order valence-corrected chi connectivity index (χ2v) is 4.42. The summed E-state index contributed by atoms with van der Waals surface area (Å²) in [5, 5.41) is 12.0. The molecule has 5 nitrogen and oxygen atoms in total. The third kappa shape index (κ3) is 3.82. The van der Waals surface area contributed by atoms with Crippen molar-refractivity contribution in [1.29, 1.82) is 0 Å². The minimum absolute atomic E-state index is 0.265. The maximum Gasteiger partial charge on any atom is 0.337 e. The minimum atomic E-state index is -0.937. The zero-order valence-electron chi connectivity index (χ0n) is 11.5. The number of carbonyl (C=O) groups is 2. The minimum Gasteiger partial charge on any atom is -0.478 e. The lowest BCUT2D eigenvalue weighted by Crippen LogP contribution is -2.03. The number of carboxylic acid groups (broad SMARTS) is 1. The highest BCUT2D eigenvalue weighted by atomic mass is 16.5. The van der Waals surface area contributed by atoms with Gasteiger partial charge >= 0.3 is 11.9 Å². The van der Waals surface area contributed by atoms with Gasteiger partial charge in [-0.1, -0.05) is 12.1 Å². The first kappa shape index (κ1) is 14.6. The summed E-state index contributed by atoms with van der Waals surface area (Å²) in [7, 11) is 1.34. The number of methoxy groups -OCH3 is 1. The van der Waals surface area contributed by atoms with Crippen LogP contribution in [0.1, 0.15) is 26.3 Å². The standard InChI is InChI=1S/C16H15NO4/c1-21-16(20)13-6-8-14(9-7-13)17-10-11-2-4-12(5-3-11)15(18)19/h2-9,17H,10H2,1H3,(H,18,19). The molecule has 0 saturated carbocycles. The Kier molecular flexibility index (Phi) is 4.56. The van der Waals surface area contributed by atoms with Gasteiger partial charge in [0.25, 0.3) is 0 Å². The number of nitrogens with one attached hydrogen (secondary N) is 1. The lowest BCUT2D eigenvalue weighted by Gasteiger charge is -2.07. The van der Waals surface area contributed by atoms with Gasteiger partial charge in [-0.15, -0.1) is 0 Å². The molecule has 0 aliphatic carbocycles. The van der Waals surface area contributed by atoms with E-state index in [1.807, 2.05) is 0 Å². The van der Waals surface area contributed by atoms with E-state index in [1.165, 1.54) is 7.11 Å². The van der Waals surface area contributed by atoms with Crippen LogP contribution in [0.2, 0.25) is 0 Å². The Labute approximate surface area is 122 Å². The Balaban J connectivity index is 1.96. The number of carbonyl (C=O) groups excluding carboxylic acids is 1. The Morgan fingerprint density at radius 3 is 2.10 bits per heavy atom. The molecule has 21 heavy (non-hydrogen) atoms. The first-order valence-corrected chi connectivity index (χ1v) is 6.34. The van der Waals surface area contributed by atoms with Crippen molar-refractivity contribution in [3.63, 3.8) is 0 Å². The molecular weight excluding hydrogens is 270 g/mol. The van der Waals surface area contributed by atoms with E-state index in [-0.39, 0.29) is 11.5 Å². The quantitative estimate of drug-likeness (QED) is 0.826. The molecule has 5 heteroatoms. The number of ether oxygens (including phenoxy) is 1. The fourth-order valence-electron chi connectivity index (χ4n) is 1.81. The molecular formula is C16H15NO4. The largest absolute Gasteiger partial charge is 0.478 e. The van der Waals surface area contributed by atoms with E-state index in [4.69, 9.17) is 5.11 Å². The normalized spacial score (nSPS) is 9.95. The summed E-state index contributed by atoms with van der Waals surface area (Å²) in [6.45, 7) is 0.567. The predicted molar refractivity (Wildman–Crippen MR) is 78.5 cm³/mol. The molecule has 2 aromatic rings. The SMILES string of the molecule is COC(=O)c1ccc(NCc2ccc(C(=O)O)cc2)cc1. The lowest BCUT2D eigenvalue weighted by atomic mass is 10.1. The van der Waals surface area contributed by atoms with Gasteiger partial charge < -0.3 is 15.2 Å². The van der Waals surface area contributed by atoms with Crippen molar-refractivity contribution in [3.8, 4) is 0 Å². The molecule has 108 valence electrons. The molecule has 0 heterocycles. The van der Waals surface area contributed by atoms with Crippen molar-refractivity contribution in [3.05, 3.63) is 65.2 Å². The zero-order chi connectivity index (χ0) is 15.2. The molecule has 0 aliphatic heterocycles. The second kappa shape index (κ2) is 6.56. The molecule has 0 aromatic heterocycles. The predicted octanol–water partition coefficient (Wildman–Crippen LogP) is 2.78. The summed E-state index contributed by atoms with van der Waals surface area (Å²) in [5.74, 6) is -1.31. The van der Waals surface area contributed by atoms with Gasteiger partial charge in [-0.2, -0.15) is 0 Å². The van der Waals surface area contributed by atoms with Crippen molar-refractivity contribution in [1.82, 2.24) is 0 Å². The monoisotopic (exact) mass is 285 g/mol. The van der Waals surface area contributed by atoms with Crippen LogP contribution in [0.15, 0.2) is 48.5 Å². The molecule has 0 unspecified atom stereocenters. The van der Waals surface area contributed by atoms with Gasteiger partial charge in [0.15, 0.2) is 0 Å². The van der Waals surface area contributed by atoms with Crippen molar-refractivity contribution in [2.45, 2.75) is 6.54 Å². The highest BCUT2D eigenvalue weighted by Gasteiger charge is 2.04. The molecule has 2 N–H and O–H groups in total. The van der Waals surface area contributed by atoms with E-state index in [0.29, 0.717) is 12.1 Å². The van der Waals surface area contributed by atoms with Crippen LogP contribution < -0.4 is 5.32 Å². The molecule has 2 rings (SSSR count). The third-order valence-electron chi connectivity index (χ3n) is 3.00. The molecule has 0 amide bonds. The van der Waals surface area contributed by atoms with Crippen molar-refractivity contribution in [2.24, 2.45) is 0 Å². The van der Waals surface area contributed by atoms with Gasteiger partial charge in [0.1, 0.15) is 0 Å². The van der Waals surface area contributed by atoms with Crippen LogP contribution in [0.25, 0.3) is 0 Å². The number of rotatable bonds is 5. The van der Waals surface area contributed by atoms with E-state index < -0.39 is 5.97 Å². The Bertz CT molecular complexity index is 632. The summed E-state index contributed by atoms with van der Waals surface area (Å²) in [6, 6.07) is 13.6. The van der Waals surface area contributed by atoms with E-state index in [2.05, 4.69) is 10.1 Å². The molecule has 0 fully saturated rings. The van der Waals surface area contributed by atoms with Gasteiger partial charge in [0.05, 0.1) is 18.2 Å². The van der Waals surface area contributed by atoms with Gasteiger partial charge in [-0.25, -0.2) is 9.59 Å². The zero-order valence-corrected chi connectivity index (χ0v) is 11.5. The topological polar surface area (TPSA) is 75.6 Å². The number of hydrogen-bond donors (Lipinski definition) is 2.